The minimum absolute atomic E-state index is 1.21. The van der Waals surface area contributed by atoms with E-state index in [1.165, 1.54) is 29.7 Å². The highest BCUT2D eigenvalue weighted by Gasteiger charge is 1.96. The zero-order valence-corrected chi connectivity index (χ0v) is 7.21. The molecule has 0 N–H and O–H groups in total. The molecule has 0 nitrogen and oxygen atoms in total. The van der Waals surface area contributed by atoms with Crippen molar-refractivity contribution in [3.8, 4) is 0 Å². The minimum atomic E-state index is 1.21. The molecule has 0 aliphatic carbocycles. The van der Waals surface area contributed by atoms with E-state index in [1.807, 2.05) is 0 Å². The smallest absolute Gasteiger partial charge is 0.00808 e. The molecule has 0 spiro atoms. The van der Waals surface area contributed by atoms with E-state index in [-0.39, 0.29) is 0 Å². The molecule has 0 atom stereocenters. The molecule has 0 aliphatic rings. The summed E-state index contributed by atoms with van der Waals surface area (Å²) in [6.45, 7) is 6.17. The van der Waals surface area contributed by atoms with Crippen LogP contribution in [0, 0.1) is 6.92 Å². The molecular formula is C9H13S. The van der Waals surface area contributed by atoms with Crippen molar-refractivity contribution in [3.63, 3.8) is 0 Å². The van der Waals surface area contributed by atoms with Gasteiger partial charge in [-0.3, -0.25) is 0 Å². The fourth-order valence-corrected chi connectivity index (χ4v) is 1.67. The number of thiophene rings is 1. The Bertz CT molecular complexity index is 188. The van der Waals surface area contributed by atoms with Crippen LogP contribution in [0.15, 0.2) is 11.4 Å². The van der Waals surface area contributed by atoms with Gasteiger partial charge in [-0.2, -0.15) is 0 Å². The first kappa shape index (κ1) is 7.80. The van der Waals surface area contributed by atoms with E-state index < -0.39 is 0 Å². The standard InChI is InChI=1S/C9H13S/c1-3-4-5-9-6-7-10-8(9)2/h6-7H,2-5H2,1H3. The molecule has 1 heteroatoms. The number of aryl methyl sites for hydroxylation is 1. The van der Waals surface area contributed by atoms with Crippen LogP contribution in [0.2, 0.25) is 0 Å². The Morgan fingerprint density at radius 1 is 1.60 bits per heavy atom. The Morgan fingerprint density at radius 3 is 2.90 bits per heavy atom. The summed E-state index contributed by atoms with van der Waals surface area (Å²) in [4.78, 5) is 1.24. The summed E-state index contributed by atoms with van der Waals surface area (Å²) < 4.78 is 0. The maximum absolute atomic E-state index is 3.95. The lowest BCUT2D eigenvalue weighted by atomic mass is 10.1. The third kappa shape index (κ3) is 1.84. The highest BCUT2D eigenvalue weighted by Crippen LogP contribution is 2.16. The van der Waals surface area contributed by atoms with E-state index in [0.29, 0.717) is 0 Å². The Hall–Kier alpha value is -0.300. The maximum Gasteiger partial charge on any atom is 0.00808 e. The van der Waals surface area contributed by atoms with Crippen LogP contribution in [-0.4, -0.2) is 0 Å². The fraction of sp³-hybridized carbons (Fsp3) is 0.444. The second-order valence-electron chi connectivity index (χ2n) is 2.47. The van der Waals surface area contributed by atoms with Crippen molar-refractivity contribution in [2.45, 2.75) is 26.2 Å². The lowest BCUT2D eigenvalue weighted by Crippen LogP contribution is -1.82. The summed E-state index contributed by atoms with van der Waals surface area (Å²) in [7, 11) is 0. The van der Waals surface area contributed by atoms with E-state index in [0.717, 1.165) is 0 Å². The van der Waals surface area contributed by atoms with Gasteiger partial charge < -0.3 is 0 Å². The van der Waals surface area contributed by atoms with Crippen molar-refractivity contribution in [2.24, 2.45) is 0 Å². The van der Waals surface area contributed by atoms with E-state index in [4.69, 9.17) is 0 Å². The molecule has 0 saturated heterocycles. The zero-order valence-electron chi connectivity index (χ0n) is 6.39. The molecule has 10 heavy (non-hydrogen) atoms. The molecule has 0 fully saturated rings. The summed E-state index contributed by atoms with van der Waals surface area (Å²) >= 11 is 1.74. The van der Waals surface area contributed by atoms with Gasteiger partial charge in [0.15, 0.2) is 0 Å². The molecule has 1 aromatic heterocycles. The predicted molar refractivity (Wildman–Crippen MR) is 47.4 cm³/mol. The molecular weight excluding hydrogens is 140 g/mol. The highest BCUT2D eigenvalue weighted by molar-refractivity contribution is 7.10. The first-order valence-corrected chi connectivity index (χ1v) is 4.61. The quantitative estimate of drug-likeness (QED) is 0.625. The van der Waals surface area contributed by atoms with Gasteiger partial charge >= 0.3 is 0 Å². The molecule has 1 heterocycles. The molecule has 0 saturated carbocycles. The van der Waals surface area contributed by atoms with Gasteiger partial charge in [0, 0.05) is 4.88 Å². The number of rotatable bonds is 3. The molecule has 1 rings (SSSR count). The van der Waals surface area contributed by atoms with Crippen molar-refractivity contribution in [1.29, 1.82) is 0 Å². The van der Waals surface area contributed by atoms with Gasteiger partial charge in [0.05, 0.1) is 0 Å². The molecule has 1 radical (unpaired) electrons. The van der Waals surface area contributed by atoms with Crippen molar-refractivity contribution in [1.82, 2.24) is 0 Å². The molecule has 1 aromatic rings. The molecule has 55 valence electrons. The van der Waals surface area contributed by atoms with Gasteiger partial charge in [-0.15, -0.1) is 11.3 Å². The SMILES string of the molecule is [CH2]c1sccc1CCCC. The van der Waals surface area contributed by atoms with Gasteiger partial charge in [0.2, 0.25) is 0 Å². The summed E-state index contributed by atoms with van der Waals surface area (Å²) in [5, 5.41) is 2.12. The number of hydrogen-bond acceptors (Lipinski definition) is 1. The van der Waals surface area contributed by atoms with E-state index >= 15 is 0 Å². The Kier molecular flexibility index (Phi) is 2.94. The van der Waals surface area contributed by atoms with Crippen molar-refractivity contribution in [3.05, 3.63) is 28.8 Å². The van der Waals surface area contributed by atoms with Crippen LogP contribution < -0.4 is 0 Å². The maximum atomic E-state index is 3.95. The van der Waals surface area contributed by atoms with Crippen LogP contribution >= 0.6 is 11.3 Å². The minimum Gasteiger partial charge on any atom is -0.149 e. The Balaban J connectivity index is 2.49. The lowest BCUT2D eigenvalue weighted by molar-refractivity contribution is 0.796. The normalized spacial score (nSPS) is 10.2. The summed E-state index contributed by atoms with van der Waals surface area (Å²) in [5.74, 6) is 0. The van der Waals surface area contributed by atoms with Crippen molar-refractivity contribution < 1.29 is 0 Å². The van der Waals surface area contributed by atoms with E-state index in [2.05, 4.69) is 25.3 Å². The van der Waals surface area contributed by atoms with Gasteiger partial charge in [-0.1, -0.05) is 13.3 Å². The monoisotopic (exact) mass is 153 g/mol. The predicted octanol–water partition coefficient (Wildman–Crippen LogP) is 3.27. The Morgan fingerprint density at radius 2 is 2.40 bits per heavy atom. The molecule has 0 aliphatic heterocycles. The highest BCUT2D eigenvalue weighted by atomic mass is 32.1. The van der Waals surface area contributed by atoms with Crippen LogP contribution in [0.5, 0.6) is 0 Å². The van der Waals surface area contributed by atoms with Crippen LogP contribution in [0.1, 0.15) is 30.2 Å². The first-order valence-electron chi connectivity index (χ1n) is 3.73. The number of unbranched alkanes of at least 4 members (excludes halogenated alkanes) is 1. The molecule has 0 unspecified atom stereocenters. The second kappa shape index (κ2) is 3.77. The third-order valence-electron chi connectivity index (χ3n) is 1.64. The topological polar surface area (TPSA) is 0 Å². The molecule has 0 aromatic carbocycles. The third-order valence-corrected chi connectivity index (χ3v) is 2.46. The average Bonchev–Trinajstić information content (AvgIpc) is 2.31. The zero-order chi connectivity index (χ0) is 7.40. The Labute approximate surface area is 66.9 Å². The molecule has 0 amide bonds. The summed E-state index contributed by atoms with van der Waals surface area (Å²) in [5.41, 5.74) is 1.44. The van der Waals surface area contributed by atoms with E-state index in [9.17, 15) is 0 Å². The summed E-state index contributed by atoms with van der Waals surface area (Å²) in [6, 6.07) is 2.18. The average molecular weight is 153 g/mol. The summed E-state index contributed by atoms with van der Waals surface area (Å²) in [6.07, 6.45) is 3.77. The van der Waals surface area contributed by atoms with Crippen LogP contribution in [0.4, 0.5) is 0 Å². The lowest BCUT2D eigenvalue weighted by Gasteiger charge is -1.95. The van der Waals surface area contributed by atoms with Crippen LogP contribution in [0.25, 0.3) is 0 Å². The van der Waals surface area contributed by atoms with Crippen LogP contribution in [-0.2, 0) is 6.42 Å². The second-order valence-corrected chi connectivity index (χ2v) is 3.47. The van der Waals surface area contributed by atoms with Gasteiger partial charge in [-0.25, -0.2) is 0 Å². The molecule has 0 bridgehead atoms. The number of hydrogen-bond donors (Lipinski definition) is 0. The van der Waals surface area contributed by atoms with E-state index in [1.54, 1.807) is 11.3 Å². The van der Waals surface area contributed by atoms with Crippen molar-refractivity contribution in [2.75, 3.05) is 0 Å². The largest absolute Gasteiger partial charge is 0.149 e. The van der Waals surface area contributed by atoms with Gasteiger partial charge in [0.25, 0.3) is 0 Å². The van der Waals surface area contributed by atoms with Crippen molar-refractivity contribution >= 4 is 11.3 Å². The van der Waals surface area contributed by atoms with Gasteiger partial charge in [-0.05, 0) is 36.8 Å². The first-order chi connectivity index (χ1) is 4.84. The van der Waals surface area contributed by atoms with Crippen LogP contribution in [0.3, 0.4) is 0 Å². The fourth-order valence-electron chi connectivity index (χ4n) is 0.957. The van der Waals surface area contributed by atoms with Gasteiger partial charge in [0.1, 0.15) is 0 Å².